The second-order valence-corrected chi connectivity index (χ2v) is 8.00. The van der Waals surface area contributed by atoms with Gasteiger partial charge in [0.1, 0.15) is 11.1 Å². The van der Waals surface area contributed by atoms with E-state index in [-0.39, 0.29) is 24.5 Å². The molecule has 3 N–H and O–H groups in total. The minimum absolute atomic E-state index is 0.00962. The first kappa shape index (κ1) is 19.2. The number of thiophene rings is 1. The smallest absolute Gasteiger partial charge is 0.280 e. The van der Waals surface area contributed by atoms with Gasteiger partial charge in [0.2, 0.25) is 12.7 Å². The summed E-state index contributed by atoms with van der Waals surface area (Å²) in [4.78, 5) is 26.0. The summed E-state index contributed by atoms with van der Waals surface area (Å²) in [5.41, 5.74) is 1.18. The maximum Gasteiger partial charge on any atom is 0.280 e. The Morgan fingerprint density at radius 3 is 2.76 bits per heavy atom. The first-order valence-corrected chi connectivity index (χ1v) is 10.3. The molecule has 2 aliphatic rings. The molecule has 3 heterocycles. The predicted octanol–water partition coefficient (Wildman–Crippen LogP) is 1.22. The van der Waals surface area contributed by atoms with Gasteiger partial charge in [-0.05, 0) is 23.6 Å². The molecule has 4 rings (SSSR count). The third-order valence-corrected chi connectivity index (χ3v) is 5.98. The summed E-state index contributed by atoms with van der Waals surface area (Å²) < 4.78 is 10.6. The number of piperidine rings is 1. The van der Waals surface area contributed by atoms with Crippen LogP contribution in [0.4, 0.5) is 10.7 Å². The van der Waals surface area contributed by atoms with Crippen LogP contribution in [0.1, 0.15) is 18.4 Å². The number of benzene rings is 1. The number of amides is 2. The zero-order valence-electron chi connectivity index (χ0n) is 15.7. The van der Waals surface area contributed by atoms with Crippen molar-refractivity contribution in [2.75, 3.05) is 37.1 Å². The van der Waals surface area contributed by atoms with E-state index in [9.17, 15) is 9.59 Å². The zero-order valence-corrected chi connectivity index (χ0v) is 16.5. The van der Waals surface area contributed by atoms with Crippen molar-refractivity contribution in [3.05, 3.63) is 35.2 Å². The van der Waals surface area contributed by atoms with E-state index in [1.165, 1.54) is 11.3 Å². The quantitative estimate of drug-likeness (QED) is 0.684. The van der Waals surface area contributed by atoms with Crippen molar-refractivity contribution in [1.82, 2.24) is 0 Å². The molecule has 0 saturated carbocycles. The Hall–Kier alpha value is -3.09. The van der Waals surface area contributed by atoms with Crippen molar-refractivity contribution in [3.8, 4) is 17.6 Å². The molecule has 0 unspecified atom stereocenters. The molecule has 150 valence electrons. The van der Waals surface area contributed by atoms with E-state index in [1.54, 1.807) is 29.6 Å². The highest BCUT2D eigenvalue weighted by atomic mass is 32.1. The molecule has 29 heavy (non-hydrogen) atoms. The topological polar surface area (TPSA) is 105 Å². The minimum atomic E-state index is -0.109. The molecule has 8 nitrogen and oxygen atoms in total. The highest BCUT2D eigenvalue weighted by molar-refractivity contribution is 7.14. The normalized spacial score (nSPS) is 20.0. The molecule has 0 atom stereocenters. The summed E-state index contributed by atoms with van der Waals surface area (Å²) in [7, 11) is 0. The van der Waals surface area contributed by atoms with Crippen LogP contribution in [0.3, 0.4) is 0 Å². The Morgan fingerprint density at radius 2 is 1.97 bits per heavy atom. The van der Waals surface area contributed by atoms with E-state index >= 15 is 0 Å². The highest BCUT2D eigenvalue weighted by Crippen LogP contribution is 2.34. The van der Waals surface area contributed by atoms with E-state index < -0.39 is 0 Å². The van der Waals surface area contributed by atoms with Crippen LogP contribution in [0.25, 0.3) is 0 Å². The van der Waals surface area contributed by atoms with Crippen molar-refractivity contribution < 1.29 is 24.0 Å². The molecule has 1 saturated heterocycles. The highest BCUT2D eigenvalue weighted by Gasteiger charge is 2.29. The number of quaternary nitrogens is 1. The molecular weight excluding hydrogens is 392 g/mol. The lowest BCUT2D eigenvalue weighted by Gasteiger charge is -2.28. The summed E-state index contributed by atoms with van der Waals surface area (Å²) >= 11 is 1.34. The lowest BCUT2D eigenvalue weighted by Crippen LogP contribution is -3.14. The fraction of sp³-hybridized carbons (Fsp3) is 0.350. The predicted molar refractivity (Wildman–Crippen MR) is 107 cm³/mol. The third kappa shape index (κ3) is 4.50. The van der Waals surface area contributed by atoms with Gasteiger partial charge in [-0.25, -0.2) is 0 Å². The maximum absolute atomic E-state index is 12.6. The number of likely N-dealkylation sites (tertiary alicyclic amines) is 1. The van der Waals surface area contributed by atoms with Gasteiger partial charge in [0.15, 0.2) is 18.0 Å². The van der Waals surface area contributed by atoms with Crippen molar-refractivity contribution in [3.63, 3.8) is 0 Å². The number of nitrogens with zero attached hydrogens (tertiary/aromatic N) is 1. The molecular formula is C20H21N4O4S+. The standard InChI is InChI=1S/C20H20N4O4S/c21-10-14-5-8-29-20(14)23-18(25)11-24-6-3-13(4-7-24)19(26)22-15-1-2-16-17(9-15)28-12-27-16/h1-2,5,8-9,13H,3-4,6-7,11-12H2,(H,22,26)(H,23,25)/p+1. The Labute approximate surface area is 172 Å². The molecule has 0 aliphatic carbocycles. The van der Waals surface area contributed by atoms with E-state index in [0.29, 0.717) is 34.3 Å². The third-order valence-electron chi connectivity index (χ3n) is 5.15. The second-order valence-electron chi connectivity index (χ2n) is 7.08. The molecule has 2 amide bonds. The van der Waals surface area contributed by atoms with Gasteiger partial charge >= 0.3 is 0 Å². The average molecular weight is 413 g/mol. The largest absolute Gasteiger partial charge is 0.454 e. The lowest BCUT2D eigenvalue weighted by atomic mass is 9.96. The summed E-state index contributed by atoms with van der Waals surface area (Å²) in [5.74, 6) is 1.13. The average Bonchev–Trinajstić information content (AvgIpc) is 3.37. The molecule has 1 fully saturated rings. The van der Waals surface area contributed by atoms with Gasteiger partial charge in [0.05, 0.1) is 18.7 Å². The Balaban J connectivity index is 1.24. The van der Waals surface area contributed by atoms with Gasteiger partial charge < -0.3 is 25.0 Å². The summed E-state index contributed by atoms with van der Waals surface area (Å²) in [6.45, 7) is 2.04. The van der Waals surface area contributed by atoms with E-state index in [4.69, 9.17) is 14.7 Å². The number of hydrogen-bond donors (Lipinski definition) is 3. The van der Waals surface area contributed by atoms with E-state index in [2.05, 4.69) is 16.7 Å². The first-order chi connectivity index (χ1) is 14.1. The van der Waals surface area contributed by atoms with Gasteiger partial charge in [0, 0.05) is 30.5 Å². The number of carbonyl (C=O) groups is 2. The molecule has 0 radical (unpaired) electrons. The number of nitrogens with one attached hydrogen (secondary N) is 3. The van der Waals surface area contributed by atoms with Crippen LogP contribution >= 0.6 is 11.3 Å². The number of hydrogen-bond acceptors (Lipinski definition) is 6. The van der Waals surface area contributed by atoms with Gasteiger partial charge in [-0.1, -0.05) is 0 Å². The number of rotatable bonds is 5. The van der Waals surface area contributed by atoms with Crippen LogP contribution in [0.15, 0.2) is 29.6 Å². The molecule has 0 bridgehead atoms. The van der Waals surface area contributed by atoms with Crippen LogP contribution in [0.2, 0.25) is 0 Å². The fourth-order valence-electron chi connectivity index (χ4n) is 3.58. The van der Waals surface area contributed by atoms with Crippen LogP contribution in [0.5, 0.6) is 11.5 Å². The van der Waals surface area contributed by atoms with E-state index in [0.717, 1.165) is 30.8 Å². The summed E-state index contributed by atoms with van der Waals surface area (Å²) in [6.07, 6.45) is 1.45. The SMILES string of the molecule is N#Cc1ccsc1NC(=O)C[NH+]1CCC(C(=O)Nc2ccc3c(c2)OCO3)CC1. The van der Waals surface area contributed by atoms with Crippen LogP contribution < -0.4 is 25.0 Å². The maximum atomic E-state index is 12.6. The molecule has 1 aromatic heterocycles. The monoisotopic (exact) mass is 413 g/mol. The number of carbonyl (C=O) groups excluding carboxylic acids is 2. The van der Waals surface area contributed by atoms with Crippen LogP contribution in [0, 0.1) is 17.2 Å². The molecule has 2 aliphatic heterocycles. The molecule has 2 aromatic rings. The molecule has 9 heteroatoms. The Bertz CT molecular complexity index is 960. The number of ether oxygens (including phenoxy) is 2. The number of nitriles is 1. The van der Waals surface area contributed by atoms with E-state index in [1.807, 2.05) is 0 Å². The van der Waals surface area contributed by atoms with Crippen LogP contribution in [-0.2, 0) is 9.59 Å². The Kier molecular flexibility index (Phi) is 5.64. The fourth-order valence-corrected chi connectivity index (χ4v) is 4.33. The number of fused-ring (bicyclic) bond motifs is 1. The van der Waals surface area contributed by atoms with Crippen LogP contribution in [-0.4, -0.2) is 38.2 Å². The molecule has 1 aromatic carbocycles. The minimum Gasteiger partial charge on any atom is -0.454 e. The Morgan fingerprint density at radius 1 is 1.17 bits per heavy atom. The zero-order chi connectivity index (χ0) is 20.2. The number of anilines is 2. The lowest BCUT2D eigenvalue weighted by molar-refractivity contribution is -0.897. The second kappa shape index (κ2) is 8.51. The van der Waals surface area contributed by atoms with Gasteiger partial charge in [-0.3, -0.25) is 9.59 Å². The summed E-state index contributed by atoms with van der Waals surface area (Å²) in [6, 6.07) is 9.11. The summed E-state index contributed by atoms with van der Waals surface area (Å²) in [5, 5.41) is 17.2. The van der Waals surface area contributed by atoms with Gasteiger partial charge in [0.25, 0.3) is 5.91 Å². The van der Waals surface area contributed by atoms with Gasteiger partial charge in [-0.15, -0.1) is 11.3 Å². The van der Waals surface area contributed by atoms with Crippen molar-refractivity contribution in [2.45, 2.75) is 12.8 Å². The molecule has 0 spiro atoms. The van der Waals surface area contributed by atoms with Gasteiger partial charge in [-0.2, -0.15) is 5.26 Å². The first-order valence-electron chi connectivity index (χ1n) is 9.44. The van der Waals surface area contributed by atoms with Crippen molar-refractivity contribution in [1.29, 1.82) is 5.26 Å². The van der Waals surface area contributed by atoms with Crippen molar-refractivity contribution in [2.24, 2.45) is 5.92 Å². The van der Waals surface area contributed by atoms with Crippen molar-refractivity contribution >= 4 is 33.8 Å².